The molecule has 0 aromatic rings. The van der Waals surface area contributed by atoms with Gasteiger partial charge in [-0.1, -0.05) is 0 Å². The molecule has 0 aromatic heterocycles. The monoisotopic (exact) mass is 228 g/mol. The Balaban J connectivity index is -0.0000000750. The van der Waals surface area contributed by atoms with E-state index in [1.54, 1.807) is 0 Å². The standard InChI is InChI=1S/Al.H3O4P.O.Zr/c;1-5(2,3)4;;/h;(H3,1,2,3,4);;/q+3;;;/p-3. The number of hydrogen-bond acceptors (Lipinski definition) is 5. The summed E-state index contributed by atoms with van der Waals surface area (Å²) >= 11 is 0.300. The Morgan fingerprint density at radius 2 is 1.12 bits per heavy atom. The second kappa shape index (κ2) is 8.33. The molecule has 0 aliphatic rings. The van der Waals surface area contributed by atoms with Crippen LogP contribution in [0.4, 0.5) is 0 Å². The molecule has 0 heterocycles. The quantitative estimate of drug-likeness (QED) is 0.319. The Labute approximate surface area is 71.8 Å². The van der Waals surface area contributed by atoms with E-state index >= 15 is 0 Å². The summed E-state index contributed by atoms with van der Waals surface area (Å²) in [6, 6.07) is 0. The summed E-state index contributed by atoms with van der Waals surface area (Å²) in [6.45, 7) is 0. The third kappa shape index (κ3) is 167. The molecule has 8 heteroatoms. The van der Waals surface area contributed by atoms with Crippen LogP contribution in [0.2, 0.25) is 0 Å². The van der Waals surface area contributed by atoms with Crippen molar-refractivity contribution in [2.75, 3.05) is 0 Å². The van der Waals surface area contributed by atoms with Crippen molar-refractivity contribution in [1.29, 1.82) is 0 Å². The summed E-state index contributed by atoms with van der Waals surface area (Å²) in [5, 5.41) is 0. The fourth-order valence-corrected chi connectivity index (χ4v) is 0. The summed E-state index contributed by atoms with van der Waals surface area (Å²) < 4.78 is 16.9. The van der Waals surface area contributed by atoms with Crippen molar-refractivity contribution in [3.63, 3.8) is 0 Å². The van der Waals surface area contributed by atoms with Crippen molar-refractivity contribution in [1.82, 2.24) is 0 Å². The first-order valence-electron chi connectivity index (χ1n) is 0.934. The van der Waals surface area contributed by atoms with E-state index in [2.05, 4.69) is 0 Å². The summed E-state index contributed by atoms with van der Waals surface area (Å²) in [4.78, 5) is 25.6. The van der Waals surface area contributed by atoms with Crippen LogP contribution >= 0.6 is 7.82 Å². The average molecular weight is 229 g/mol. The Morgan fingerprint density at radius 3 is 1.12 bits per heavy atom. The third-order valence-corrected chi connectivity index (χ3v) is 0. The molecule has 42 valence electrons. The fourth-order valence-electron chi connectivity index (χ4n) is 0. The van der Waals surface area contributed by atoms with Crippen molar-refractivity contribution in [3.8, 4) is 0 Å². The van der Waals surface area contributed by atoms with E-state index in [1.165, 1.54) is 0 Å². The van der Waals surface area contributed by atoms with Gasteiger partial charge in [0.05, 0.1) is 0 Å². The van der Waals surface area contributed by atoms with E-state index in [0.29, 0.717) is 24.7 Å². The average Bonchev–Trinajstić information content (AvgIpc) is 1.36. The molecule has 0 bridgehead atoms. The summed E-state index contributed by atoms with van der Waals surface area (Å²) in [5.41, 5.74) is 0. The molecule has 0 saturated carbocycles. The second-order valence-corrected chi connectivity index (χ2v) is 1.34. The molecule has 0 aromatic carbocycles. The van der Waals surface area contributed by atoms with Crippen LogP contribution in [-0.4, -0.2) is 17.4 Å². The minimum absolute atomic E-state index is 0. The van der Waals surface area contributed by atoms with Gasteiger partial charge in [-0.3, -0.25) is 0 Å². The third-order valence-electron chi connectivity index (χ3n) is 0. The van der Waals surface area contributed by atoms with E-state index in [1.807, 2.05) is 0 Å². The summed E-state index contributed by atoms with van der Waals surface area (Å²) in [5.74, 6) is 0. The van der Waals surface area contributed by atoms with Gasteiger partial charge in [0.1, 0.15) is 0 Å². The van der Waals surface area contributed by atoms with Crippen LogP contribution in [0.25, 0.3) is 0 Å². The number of phosphoric acid groups is 1. The van der Waals surface area contributed by atoms with Crippen LogP contribution in [0.5, 0.6) is 0 Å². The van der Waals surface area contributed by atoms with Gasteiger partial charge in [0.2, 0.25) is 0 Å². The van der Waals surface area contributed by atoms with Crippen molar-refractivity contribution in [2.24, 2.45) is 0 Å². The number of hydrogen-bond donors (Lipinski definition) is 0. The Bertz CT molecular complexity index is 68.2. The molecule has 8 heavy (non-hydrogen) atoms. The molecule has 0 aliphatic heterocycles. The normalized spacial score (nSPS) is 7.75. The SMILES string of the molecule is O=P([O-])([O-])[O-].[Al+3].[O]=[Zr]. The Morgan fingerprint density at radius 1 is 1.12 bits per heavy atom. The first-order chi connectivity index (χ1) is 3.00. The molecule has 0 amide bonds. The van der Waals surface area contributed by atoms with Crippen molar-refractivity contribution in [2.45, 2.75) is 0 Å². The molecule has 0 N–H and O–H groups in total. The van der Waals surface area contributed by atoms with Gasteiger partial charge >= 0.3 is 44.9 Å². The van der Waals surface area contributed by atoms with Gasteiger partial charge in [0, 0.05) is 0 Å². The van der Waals surface area contributed by atoms with Crippen molar-refractivity contribution >= 4 is 25.2 Å². The van der Waals surface area contributed by atoms with Gasteiger partial charge in [0.15, 0.2) is 0 Å². The molecule has 0 unspecified atom stereocenters. The van der Waals surface area contributed by atoms with Crippen LogP contribution < -0.4 is 14.7 Å². The molecular formula is AlO5PZr. The van der Waals surface area contributed by atoms with E-state index in [4.69, 9.17) is 22.1 Å². The molecule has 0 atom stereocenters. The van der Waals surface area contributed by atoms with Gasteiger partial charge in [-0.25, -0.2) is 0 Å². The summed E-state index contributed by atoms with van der Waals surface area (Å²) in [6.07, 6.45) is 0. The fraction of sp³-hybridized carbons (Fsp3) is 0. The first-order valence-corrected chi connectivity index (χ1v) is 3.40. The van der Waals surface area contributed by atoms with E-state index in [-0.39, 0.29) is 17.4 Å². The Kier molecular flexibility index (Phi) is 16.8. The van der Waals surface area contributed by atoms with Crippen molar-refractivity contribution in [3.05, 3.63) is 0 Å². The van der Waals surface area contributed by atoms with Crippen LogP contribution in [-0.2, 0) is 32.1 Å². The van der Waals surface area contributed by atoms with E-state index in [9.17, 15) is 0 Å². The van der Waals surface area contributed by atoms with Crippen molar-refractivity contribution < 1.29 is 46.8 Å². The van der Waals surface area contributed by atoms with E-state index in [0.717, 1.165) is 0 Å². The van der Waals surface area contributed by atoms with Gasteiger partial charge < -0.3 is 19.2 Å². The van der Waals surface area contributed by atoms with Gasteiger partial charge in [0.25, 0.3) is 0 Å². The molecule has 0 rings (SSSR count). The Hall–Kier alpha value is 1.33. The van der Waals surface area contributed by atoms with Crippen LogP contribution in [0.1, 0.15) is 0 Å². The maximum atomic E-state index is 8.55. The van der Waals surface area contributed by atoms with E-state index < -0.39 is 7.82 Å². The second-order valence-electron chi connectivity index (χ2n) is 0.447. The molecular weight excluding hydrogens is 229 g/mol. The zero-order valence-corrected chi connectivity index (χ0v) is 8.07. The zero-order valence-electron chi connectivity index (χ0n) is 3.57. The molecule has 0 fully saturated rings. The maximum absolute atomic E-state index is 8.55. The molecule has 0 aliphatic carbocycles. The van der Waals surface area contributed by atoms with Crippen LogP contribution in [0.15, 0.2) is 0 Å². The minimum atomic E-state index is -5.39. The topological polar surface area (TPSA) is 103 Å². The molecule has 0 radical (unpaired) electrons. The summed E-state index contributed by atoms with van der Waals surface area (Å²) in [7, 11) is -5.39. The van der Waals surface area contributed by atoms with Crippen LogP contribution in [0.3, 0.4) is 0 Å². The van der Waals surface area contributed by atoms with Gasteiger partial charge in [-0.2, -0.15) is 7.82 Å². The molecule has 5 nitrogen and oxygen atoms in total. The van der Waals surface area contributed by atoms with Crippen LogP contribution in [0, 0.1) is 0 Å². The number of rotatable bonds is 0. The molecule has 0 spiro atoms. The predicted octanol–water partition coefficient (Wildman–Crippen LogP) is -3.33. The van der Waals surface area contributed by atoms with Gasteiger partial charge in [-0.05, 0) is 0 Å². The van der Waals surface area contributed by atoms with Gasteiger partial charge in [-0.15, -0.1) is 0 Å². The predicted molar refractivity (Wildman–Crippen MR) is 14.0 cm³/mol. The zero-order chi connectivity index (χ0) is 6.50. The molecule has 0 saturated heterocycles. The first kappa shape index (κ1) is 16.2.